The quantitative estimate of drug-likeness (QED) is 0.590. The molecule has 1 aromatic heterocycles. The molecule has 1 atom stereocenters. The van der Waals surface area contributed by atoms with Crippen molar-refractivity contribution in [1.82, 2.24) is 4.57 Å². The number of hydrogen-bond acceptors (Lipinski definition) is 4. The van der Waals surface area contributed by atoms with E-state index in [0.29, 0.717) is 21.9 Å². The molecule has 170 valence electrons. The van der Waals surface area contributed by atoms with Gasteiger partial charge in [0.15, 0.2) is 6.10 Å². The monoisotopic (exact) mass is 449 g/mol. The maximum absolute atomic E-state index is 13.0. The second-order valence-corrected chi connectivity index (χ2v) is 8.19. The Labute approximate surface area is 181 Å². The summed E-state index contributed by atoms with van der Waals surface area (Å²) in [6, 6.07) is 11.7. The molecule has 0 aliphatic carbocycles. The Bertz CT molecular complexity index is 1210. The zero-order valence-electron chi connectivity index (χ0n) is 17.9. The Hall–Kier alpha value is -3.33. The van der Waals surface area contributed by atoms with Crippen LogP contribution < -0.4 is 10.3 Å². The molecule has 0 amide bonds. The first-order valence-electron chi connectivity index (χ1n) is 9.67. The van der Waals surface area contributed by atoms with Gasteiger partial charge in [0.25, 0.3) is 5.56 Å². The molecule has 0 saturated carbocycles. The van der Waals surface area contributed by atoms with Crippen molar-refractivity contribution in [3.63, 3.8) is 0 Å². The van der Waals surface area contributed by atoms with Gasteiger partial charge in [0.05, 0.1) is 11.3 Å². The minimum Gasteiger partial charge on any atom is -0.479 e. The highest BCUT2D eigenvalue weighted by molar-refractivity contribution is 5.98. The lowest BCUT2D eigenvalue weighted by molar-refractivity contribution is -0.274. The normalized spacial score (nSPS) is 13.2. The summed E-state index contributed by atoms with van der Waals surface area (Å²) in [7, 11) is 1.44. The van der Waals surface area contributed by atoms with E-state index in [2.05, 4.69) is 4.74 Å². The van der Waals surface area contributed by atoms with Gasteiger partial charge in [-0.2, -0.15) is 0 Å². The average Bonchev–Trinajstić information content (AvgIpc) is 2.68. The topological polar surface area (TPSA) is 77.8 Å². The summed E-state index contributed by atoms with van der Waals surface area (Å²) in [4.78, 5) is 25.2. The summed E-state index contributed by atoms with van der Waals surface area (Å²) < 4.78 is 48.6. The summed E-state index contributed by atoms with van der Waals surface area (Å²) in [5, 5.41) is 10.7. The number of carboxylic acid groups (broad SMARTS) is 1. The molecule has 32 heavy (non-hydrogen) atoms. The Morgan fingerprint density at radius 1 is 1.00 bits per heavy atom. The SMILES string of the molecule is Cn1c(C(OC(C)(C)C)C(=O)O)c(-c2ccc(OC(F)(F)F)cc2)c2ccccc2c1=O. The van der Waals surface area contributed by atoms with Crippen LogP contribution in [0.15, 0.2) is 53.3 Å². The summed E-state index contributed by atoms with van der Waals surface area (Å²) in [6.45, 7) is 5.06. The number of fused-ring (bicyclic) bond motifs is 1. The molecule has 0 radical (unpaired) electrons. The third kappa shape index (κ3) is 4.94. The minimum atomic E-state index is -4.84. The van der Waals surface area contributed by atoms with E-state index < -0.39 is 35.3 Å². The first kappa shape index (κ1) is 23.3. The van der Waals surface area contributed by atoms with E-state index in [4.69, 9.17) is 4.74 Å². The molecule has 6 nitrogen and oxygen atoms in total. The lowest BCUT2D eigenvalue weighted by atomic mass is 9.94. The average molecular weight is 449 g/mol. The predicted molar refractivity (Wildman–Crippen MR) is 113 cm³/mol. The number of halogens is 3. The summed E-state index contributed by atoms with van der Waals surface area (Å²) >= 11 is 0. The molecule has 2 aromatic carbocycles. The molecule has 0 aliphatic rings. The fourth-order valence-electron chi connectivity index (χ4n) is 3.49. The lowest BCUT2D eigenvalue weighted by Gasteiger charge is -2.28. The van der Waals surface area contributed by atoms with Gasteiger partial charge >= 0.3 is 12.3 Å². The molecule has 9 heteroatoms. The van der Waals surface area contributed by atoms with E-state index in [1.807, 2.05) is 0 Å². The van der Waals surface area contributed by atoms with Crippen molar-refractivity contribution in [2.45, 2.75) is 38.8 Å². The van der Waals surface area contributed by atoms with Crippen molar-refractivity contribution >= 4 is 16.7 Å². The maximum atomic E-state index is 13.0. The molecule has 0 fully saturated rings. The van der Waals surface area contributed by atoms with Crippen molar-refractivity contribution in [3.05, 3.63) is 64.6 Å². The van der Waals surface area contributed by atoms with Crippen LogP contribution in [-0.4, -0.2) is 27.6 Å². The third-order valence-electron chi connectivity index (χ3n) is 4.67. The van der Waals surface area contributed by atoms with Crippen LogP contribution >= 0.6 is 0 Å². The second-order valence-electron chi connectivity index (χ2n) is 8.19. The highest BCUT2D eigenvalue weighted by atomic mass is 19.4. The van der Waals surface area contributed by atoms with E-state index in [9.17, 15) is 27.9 Å². The number of nitrogens with zero attached hydrogens (tertiary/aromatic N) is 1. The van der Waals surface area contributed by atoms with Crippen LogP contribution in [0.3, 0.4) is 0 Å². The second kappa shape index (κ2) is 8.31. The molecular weight excluding hydrogens is 427 g/mol. The number of hydrogen-bond donors (Lipinski definition) is 1. The van der Waals surface area contributed by atoms with Crippen LogP contribution in [0.2, 0.25) is 0 Å². The van der Waals surface area contributed by atoms with Gasteiger partial charge in [0.1, 0.15) is 5.75 Å². The van der Waals surface area contributed by atoms with Crippen molar-refractivity contribution in [1.29, 1.82) is 0 Å². The molecule has 1 unspecified atom stereocenters. The number of aliphatic carboxylic acids is 1. The zero-order valence-corrected chi connectivity index (χ0v) is 17.9. The van der Waals surface area contributed by atoms with E-state index in [-0.39, 0.29) is 5.69 Å². The molecule has 0 aliphatic heterocycles. The van der Waals surface area contributed by atoms with Crippen molar-refractivity contribution < 1.29 is 32.5 Å². The first-order valence-corrected chi connectivity index (χ1v) is 9.67. The number of pyridine rings is 1. The standard InChI is InChI=1S/C23H22F3NO5/c1-22(2,3)32-19(21(29)30)18-17(13-9-11-14(12-10-13)31-23(24,25)26)15-7-5-6-8-16(15)20(28)27(18)4/h5-12,19H,1-4H3,(H,29,30). The summed E-state index contributed by atoms with van der Waals surface area (Å²) in [5.74, 6) is -1.72. The van der Waals surface area contributed by atoms with Crippen LogP contribution in [0.5, 0.6) is 5.75 Å². The Morgan fingerprint density at radius 2 is 1.56 bits per heavy atom. The van der Waals surface area contributed by atoms with Gasteiger partial charge in [-0.1, -0.05) is 30.3 Å². The van der Waals surface area contributed by atoms with Crippen molar-refractivity contribution in [2.75, 3.05) is 0 Å². The van der Waals surface area contributed by atoms with Gasteiger partial charge in [-0.05, 0) is 49.9 Å². The van der Waals surface area contributed by atoms with Crippen molar-refractivity contribution in [2.24, 2.45) is 7.05 Å². The Morgan fingerprint density at radius 3 is 2.06 bits per heavy atom. The number of ether oxygens (including phenoxy) is 2. The van der Waals surface area contributed by atoms with E-state index in [1.54, 1.807) is 45.0 Å². The molecule has 0 spiro atoms. The van der Waals surface area contributed by atoms with Crippen LogP contribution in [0, 0.1) is 0 Å². The first-order chi connectivity index (χ1) is 14.8. The van der Waals surface area contributed by atoms with E-state index >= 15 is 0 Å². The summed E-state index contributed by atoms with van der Waals surface area (Å²) in [5.41, 5.74) is -0.407. The molecular formula is C23H22F3NO5. The molecule has 0 saturated heterocycles. The molecule has 3 aromatic rings. The van der Waals surface area contributed by atoms with E-state index in [1.165, 1.54) is 23.7 Å². The predicted octanol–water partition coefficient (Wildman–Crippen LogP) is 5.04. The van der Waals surface area contributed by atoms with Crippen LogP contribution in [0.4, 0.5) is 13.2 Å². The zero-order chi connectivity index (χ0) is 23.8. The Kier molecular flexibility index (Phi) is 6.06. The molecule has 1 N–H and O–H groups in total. The van der Waals surface area contributed by atoms with Gasteiger partial charge in [0, 0.05) is 18.0 Å². The van der Waals surface area contributed by atoms with Crippen LogP contribution in [0.25, 0.3) is 21.9 Å². The fraction of sp³-hybridized carbons (Fsp3) is 0.304. The number of alkyl halides is 3. The van der Waals surface area contributed by atoms with Crippen LogP contribution in [-0.2, 0) is 16.6 Å². The van der Waals surface area contributed by atoms with Gasteiger partial charge in [-0.25, -0.2) is 4.79 Å². The van der Waals surface area contributed by atoms with E-state index in [0.717, 1.165) is 12.1 Å². The highest BCUT2D eigenvalue weighted by Crippen LogP contribution is 2.37. The van der Waals surface area contributed by atoms with Crippen molar-refractivity contribution in [3.8, 4) is 16.9 Å². The molecule has 1 heterocycles. The summed E-state index contributed by atoms with van der Waals surface area (Å²) in [6.07, 6.45) is -6.34. The number of carboxylic acids is 1. The van der Waals surface area contributed by atoms with Gasteiger partial charge < -0.3 is 19.1 Å². The minimum absolute atomic E-state index is 0.0839. The molecule has 3 rings (SSSR count). The number of rotatable bonds is 5. The number of benzene rings is 2. The smallest absolute Gasteiger partial charge is 0.479 e. The highest BCUT2D eigenvalue weighted by Gasteiger charge is 2.33. The van der Waals surface area contributed by atoms with Gasteiger partial charge in [0.2, 0.25) is 0 Å². The molecule has 0 bridgehead atoms. The fourth-order valence-corrected chi connectivity index (χ4v) is 3.49. The number of carbonyl (C=O) groups is 1. The third-order valence-corrected chi connectivity index (χ3v) is 4.67. The van der Waals surface area contributed by atoms with Gasteiger partial charge in [-0.15, -0.1) is 13.2 Å². The number of aromatic nitrogens is 1. The lowest BCUT2D eigenvalue weighted by Crippen LogP contribution is -2.32. The Balaban J connectivity index is 2.33. The van der Waals surface area contributed by atoms with Crippen LogP contribution in [0.1, 0.15) is 32.6 Å². The van der Waals surface area contributed by atoms with Gasteiger partial charge in [-0.3, -0.25) is 4.79 Å². The maximum Gasteiger partial charge on any atom is 0.573 e. The largest absolute Gasteiger partial charge is 0.573 e.